The highest BCUT2D eigenvalue weighted by Crippen LogP contribution is 1.97. The van der Waals surface area contributed by atoms with Gasteiger partial charge >= 0.3 is 0 Å². The summed E-state index contributed by atoms with van der Waals surface area (Å²) in [6.07, 6.45) is 0. The number of nitrogens with one attached hydrogen (secondary N) is 1. The van der Waals surface area contributed by atoms with Crippen molar-refractivity contribution in [2.75, 3.05) is 0 Å². The molecule has 1 N–H and O–H groups in total. The monoisotopic (exact) mass is 129 g/mol. The maximum atomic E-state index is 10.6. The van der Waals surface area contributed by atoms with E-state index in [4.69, 9.17) is 0 Å². The van der Waals surface area contributed by atoms with E-state index < -0.39 is 0 Å². The fourth-order valence-electron chi connectivity index (χ4n) is 0.429. The molecular weight excluding hydrogens is 122 g/mol. The van der Waals surface area contributed by atoms with Gasteiger partial charge < -0.3 is 4.37 Å². The van der Waals surface area contributed by atoms with Crippen molar-refractivity contribution in [3.8, 4) is 0 Å². The fourth-order valence-corrected chi connectivity index (χ4v) is 1.13. The van der Waals surface area contributed by atoms with Crippen LogP contribution < -0.4 is 4.74 Å². The van der Waals surface area contributed by atoms with Crippen molar-refractivity contribution in [3.63, 3.8) is 0 Å². The van der Waals surface area contributed by atoms with E-state index in [-0.39, 0.29) is 4.74 Å². The van der Waals surface area contributed by atoms with E-state index in [2.05, 4.69) is 4.37 Å². The van der Waals surface area contributed by atoms with E-state index >= 15 is 0 Å². The number of aromatic amines is 1. The Morgan fingerprint density at radius 1 is 1.50 bits per heavy atom. The van der Waals surface area contributed by atoms with Crippen LogP contribution in [-0.2, 0) is 0 Å². The molecule has 0 saturated heterocycles. The molecule has 0 bridgehead atoms. The number of aromatic nitrogens is 1. The maximum Gasteiger partial charge on any atom is 0.252 e. The van der Waals surface area contributed by atoms with Crippen molar-refractivity contribution in [3.05, 3.63) is 20.8 Å². The number of rotatable bonds is 0. The minimum Gasteiger partial charge on any atom is -0.312 e. The summed E-state index contributed by atoms with van der Waals surface area (Å²) in [6, 6.07) is 0. The smallest absolute Gasteiger partial charge is 0.252 e. The van der Waals surface area contributed by atoms with Crippen molar-refractivity contribution < 1.29 is 0 Å². The van der Waals surface area contributed by atoms with Crippen molar-refractivity contribution >= 4 is 11.5 Å². The topological polar surface area (TPSA) is 32.9 Å². The predicted octanol–water partition coefficient (Wildman–Crippen LogP) is 1.05. The van der Waals surface area contributed by atoms with Crippen molar-refractivity contribution in [2.45, 2.75) is 13.8 Å². The molecule has 1 aromatic rings. The average Bonchev–Trinajstić information content (AvgIpc) is 1.98. The summed E-state index contributed by atoms with van der Waals surface area (Å²) in [6.45, 7) is 3.72. The standard InChI is InChI=1S/C5H7NOS/c1-3-4(2)6-8-5(3)7/h6H,1-2H3. The minimum absolute atomic E-state index is 0.141. The van der Waals surface area contributed by atoms with Gasteiger partial charge in [-0.3, -0.25) is 4.79 Å². The molecule has 2 nitrogen and oxygen atoms in total. The summed E-state index contributed by atoms with van der Waals surface area (Å²) in [5, 5.41) is 0. The largest absolute Gasteiger partial charge is 0.312 e. The van der Waals surface area contributed by atoms with E-state index in [0.717, 1.165) is 22.8 Å². The molecule has 0 atom stereocenters. The van der Waals surface area contributed by atoms with Crippen LogP contribution in [-0.4, -0.2) is 4.37 Å². The number of hydrogen-bond donors (Lipinski definition) is 1. The van der Waals surface area contributed by atoms with Crippen LogP contribution in [0.5, 0.6) is 0 Å². The van der Waals surface area contributed by atoms with Gasteiger partial charge in [-0.05, 0) is 25.4 Å². The molecule has 0 aliphatic heterocycles. The Labute approximate surface area is 51.3 Å². The van der Waals surface area contributed by atoms with E-state index in [1.54, 1.807) is 0 Å². The second kappa shape index (κ2) is 1.74. The van der Waals surface area contributed by atoms with Crippen LogP contribution in [0.15, 0.2) is 4.79 Å². The van der Waals surface area contributed by atoms with Crippen LogP contribution in [0.4, 0.5) is 0 Å². The normalized spacial score (nSPS) is 9.75. The van der Waals surface area contributed by atoms with Crippen LogP contribution in [0.3, 0.4) is 0 Å². The first-order valence-electron chi connectivity index (χ1n) is 2.36. The summed E-state index contributed by atoms with van der Waals surface area (Å²) in [7, 11) is 0. The summed E-state index contributed by atoms with van der Waals surface area (Å²) in [4.78, 5) is 10.6. The van der Waals surface area contributed by atoms with Gasteiger partial charge in [0.15, 0.2) is 0 Å². The Balaban J connectivity index is 3.41. The van der Waals surface area contributed by atoms with Crippen LogP contribution >= 0.6 is 11.5 Å². The van der Waals surface area contributed by atoms with Gasteiger partial charge in [0.1, 0.15) is 0 Å². The van der Waals surface area contributed by atoms with Crippen LogP contribution in [0, 0.1) is 13.8 Å². The van der Waals surface area contributed by atoms with Crippen molar-refractivity contribution in [1.82, 2.24) is 4.37 Å². The van der Waals surface area contributed by atoms with Gasteiger partial charge in [-0.2, -0.15) is 0 Å². The summed E-state index contributed by atoms with van der Waals surface area (Å²) >= 11 is 1.15. The molecule has 0 saturated carbocycles. The molecule has 0 aliphatic rings. The van der Waals surface area contributed by atoms with Gasteiger partial charge in [0.05, 0.1) is 0 Å². The lowest BCUT2D eigenvalue weighted by molar-refractivity contribution is 1.26. The minimum atomic E-state index is 0.141. The highest BCUT2D eigenvalue weighted by atomic mass is 32.1. The molecule has 0 radical (unpaired) electrons. The highest BCUT2D eigenvalue weighted by molar-refractivity contribution is 7.03. The molecule has 1 heterocycles. The number of hydrogen-bond acceptors (Lipinski definition) is 2. The van der Waals surface area contributed by atoms with Crippen LogP contribution in [0.25, 0.3) is 0 Å². The third-order valence-corrected chi connectivity index (χ3v) is 2.07. The lowest BCUT2D eigenvalue weighted by Crippen LogP contribution is -1.92. The molecule has 8 heavy (non-hydrogen) atoms. The molecule has 0 unspecified atom stereocenters. The van der Waals surface area contributed by atoms with Gasteiger partial charge in [-0.1, -0.05) is 0 Å². The Morgan fingerprint density at radius 2 is 2.12 bits per heavy atom. The third kappa shape index (κ3) is 0.690. The SMILES string of the molecule is Cc1[nH]sc(=O)c1C. The summed E-state index contributed by atoms with van der Waals surface area (Å²) in [5.74, 6) is 0. The van der Waals surface area contributed by atoms with Crippen molar-refractivity contribution in [2.24, 2.45) is 0 Å². The molecule has 1 aromatic heterocycles. The molecule has 0 fully saturated rings. The van der Waals surface area contributed by atoms with Gasteiger partial charge in [0.2, 0.25) is 0 Å². The first kappa shape index (κ1) is 5.56. The van der Waals surface area contributed by atoms with E-state index in [9.17, 15) is 4.79 Å². The second-order valence-corrected chi connectivity index (χ2v) is 2.52. The summed E-state index contributed by atoms with van der Waals surface area (Å²) in [5.41, 5.74) is 1.83. The van der Waals surface area contributed by atoms with Gasteiger partial charge in [-0.25, -0.2) is 0 Å². The third-order valence-electron chi connectivity index (χ3n) is 1.17. The maximum absolute atomic E-state index is 10.6. The predicted molar refractivity (Wildman–Crippen MR) is 34.4 cm³/mol. The Kier molecular flexibility index (Phi) is 1.21. The zero-order valence-corrected chi connectivity index (χ0v) is 5.63. The lowest BCUT2D eigenvalue weighted by atomic mass is 10.3. The second-order valence-electron chi connectivity index (χ2n) is 1.74. The van der Waals surface area contributed by atoms with Gasteiger partial charge in [0, 0.05) is 11.3 Å². The van der Waals surface area contributed by atoms with Gasteiger partial charge in [-0.15, -0.1) is 0 Å². The van der Waals surface area contributed by atoms with Crippen LogP contribution in [0.2, 0.25) is 0 Å². The van der Waals surface area contributed by atoms with Crippen molar-refractivity contribution in [1.29, 1.82) is 0 Å². The first-order chi connectivity index (χ1) is 3.72. The Bertz CT molecular complexity index is 235. The Hall–Kier alpha value is -0.570. The highest BCUT2D eigenvalue weighted by Gasteiger charge is 1.96. The fraction of sp³-hybridized carbons (Fsp3) is 0.400. The van der Waals surface area contributed by atoms with E-state index in [0.29, 0.717) is 0 Å². The molecule has 3 heteroatoms. The molecule has 1 rings (SSSR count). The summed E-state index contributed by atoms with van der Waals surface area (Å²) < 4.78 is 3.01. The van der Waals surface area contributed by atoms with Crippen LogP contribution in [0.1, 0.15) is 11.3 Å². The lowest BCUT2D eigenvalue weighted by Gasteiger charge is -1.78. The number of aryl methyl sites for hydroxylation is 1. The molecular formula is C5H7NOS. The number of H-pyrrole nitrogens is 1. The van der Waals surface area contributed by atoms with E-state index in [1.807, 2.05) is 13.8 Å². The molecule has 44 valence electrons. The molecule has 0 aliphatic carbocycles. The zero-order chi connectivity index (χ0) is 6.15. The Morgan fingerprint density at radius 3 is 2.25 bits per heavy atom. The van der Waals surface area contributed by atoms with Gasteiger partial charge in [0.25, 0.3) is 4.74 Å². The first-order valence-corrected chi connectivity index (χ1v) is 3.18. The average molecular weight is 129 g/mol. The molecule has 0 amide bonds. The van der Waals surface area contributed by atoms with E-state index in [1.165, 1.54) is 0 Å². The molecule has 0 aromatic carbocycles. The quantitative estimate of drug-likeness (QED) is 0.558. The molecule has 0 spiro atoms. The zero-order valence-electron chi connectivity index (χ0n) is 4.82.